The Balaban J connectivity index is 4.55. The second-order valence-electron chi connectivity index (χ2n) is 16.6. The summed E-state index contributed by atoms with van der Waals surface area (Å²) in [4.78, 5) is 38.0. The van der Waals surface area contributed by atoms with Gasteiger partial charge in [0.25, 0.3) is 0 Å². The van der Waals surface area contributed by atoms with E-state index in [4.69, 9.17) is 14.2 Å². The molecule has 65 heavy (non-hydrogen) atoms. The van der Waals surface area contributed by atoms with Crippen molar-refractivity contribution in [3.63, 3.8) is 0 Å². The Morgan fingerprint density at radius 3 is 0.969 bits per heavy atom. The van der Waals surface area contributed by atoms with Gasteiger partial charge in [-0.05, 0) is 83.5 Å². The molecule has 0 radical (unpaired) electrons. The number of carbonyl (C=O) groups is 3. The van der Waals surface area contributed by atoms with E-state index >= 15 is 0 Å². The number of rotatable bonds is 44. The Hall–Kier alpha value is -4.45. The number of carbonyl (C=O) groups excluding carboxylic acids is 3. The Morgan fingerprint density at radius 1 is 0.323 bits per heavy atom. The van der Waals surface area contributed by atoms with Gasteiger partial charge in [0.1, 0.15) is 13.2 Å². The van der Waals surface area contributed by atoms with Gasteiger partial charge >= 0.3 is 17.9 Å². The first-order valence-electron chi connectivity index (χ1n) is 25.8. The number of unbranched alkanes of at least 4 members (excludes halogenated alkanes) is 19. The third kappa shape index (κ3) is 50.4. The topological polar surface area (TPSA) is 78.9 Å². The SMILES string of the molecule is CC\C=C/C=C\C=C/C=C\C=C\C=C/CCCCCC(=O)OCC(COC(=O)CCCCCCCC/C=C\C=C/CCCCC)OC(=O)CCCCCCCCC\C=C/C=C\C=C/CC. The van der Waals surface area contributed by atoms with Crippen molar-refractivity contribution in [2.45, 2.75) is 207 Å². The largest absolute Gasteiger partial charge is 0.462 e. The fraction of sp³-hybridized carbons (Fsp3) is 0.576. The van der Waals surface area contributed by atoms with Crippen LogP contribution in [-0.4, -0.2) is 37.2 Å². The zero-order valence-electron chi connectivity index (χ0n) is 41.4. The summed E-state index contributed by atoms with van der Waals surface area (Å²) in [5.41, 5.74) is 0. The van der Waals surface area contributed by atoms with Gasteiger partial charge in [-0.3, -0.25) is 14.4 Å². The Bertz CT molecular complexity index is 1450. The first-order valence-corrected chi connectivity index (χ1v) is 25.8. The molecule has 364 valence electrons. The summed E-state index contributed by atoms with van der Waals surface area (Å²) < 4.78 is 16.8. The molecule has 0 aromatic heterocycles. The minimum absolute atomic E-state index is 0.109. The lowest BCUT2D eigenvalue weighted by atomic mass is 10.1. The number of esters is 3. The summed E-state index contributed by atoms with van der Waals surface area (Å²) in [6.07, 6.45) is 72.8. The van der Waals surface area contributed by atoms with Gasteiger partial charge in [-0.15, -0.1) is 0 Å². The lowest BCUT2D eigenvalue weighted by molar-refractivity contribution is -0.167. The summed E-state index contributed by atoms with van der Waals surface area (Å²) in [7, 11) is 0. The van der Waals surface area contributed by atoms with Crippen molar-refractivity contribution in [2.75, 3.05) is 13.2 Å². The highest BCUT2D eigenvalue weighted by atomic mass is 16.6. The molecule has 0 saturated carbocycles. The zero-order chi connectivity index (χ0) is 47.2. The Kier molecular flexibility index (Phi) is 48.6. The highest BCUT2D eigenvalue weighted by Crippen LogP contribution is 2.13. The molecule has 0 saturated heterocycles. The maximum atomic E-state index is 12.8. The normalized spacial score (nSPS) is 13.2. The highest BCUT2D eigenvalue weighted by Gasteiger charge is 2.19. The summed E-state index contributed by atoms with van der Waals surface area (Å²) in [6, 6.07) is 0. The molecule has 1 atom stereocenters. The van der Waals surface area contributed by atoms with Crippen LogP contribution in [0.3, 0.4) is 0 Å². The van der Waals surface area contributed by atoms with Crippen LogP contribution in [0.15, 0.2) is 134 Å². The monoisotopic (exact) mass is 897 g/mol. The molecule has 0 heterocycles. The number of hydrogen-bond donors (Lipinski definition) is 0. The maximum Gasteiger partial charge on any atom is 0.306 e. The molecule has 0 amide bonds. The van der Waals surface area contributed by atoms with Crippen LogP contribution in [0, 0.1) is 0 Å². The molecule has 0 aromatic rings. The molecule has 0 spiro atoms. The van der Waals surface area contributed by atoms with Gasteiger partial charge < -0.3 is 14.2 Å². The number of allylic oxidation sites excluding steroid dienone is 22. The van der Waals surface area contributed by atoms with Crippen molar-refractivity contribution in [3.05, 3.63) is 134 Å². The van der Waals surface area contributed by atoms with E-state index in [1.807, 2.05) is 60.8 Å². The number of ether oxygens (including phenoxy) is 3. The smallest absolute Gasteiger partial charge is 0.306 e. The van der Waals surface area contributed by atoms with Crippen LogP contribution in [0.4, 0.5) is 0 Å². The number of hydrogen-bond acceptors (Lipinski definition) is 6. The lowest BCUT2D eigenvalue weighted by Gasteiger charge is -2.18. The van der Waals surface area contributed by atoms with Crippen LogP contribution in [0.25, 0.3) is 0 Å². The van der Waals surface area contributed by atoms with Crippen molar-refractivity contribution in [3.8, 4) is 0 Å². The first-order chi connectivity index (χ1) is 32.0. The van der Waals surface area contributed by atoms with Gasteiger partial charge in [-0.2, -0.15) is 0 Å². The quantitative estimate of drug-likeness (QED) is 0.0262. The van der Waals surface area contributed by atoms with E-state index in [-0.39, 0.29) is 31.1 Å². The molecule has 0 aromatic carbocycles. The second kappa shape index (κ2) is 52.2. The summed E-state index contributed by atoms with van der Waals surface area (Å²) in [6.45, 7) is 6.25. The Labute approximate surface area is 398 Å². The zero-order valence-corrected chi connectivity index (χ0v) is 41.4. The molecule has 6 nitrogen and oxygen atoms in total. The summed E-state index contributed by atoms with van der Waals surface area (Å²) in [5.74, 6) is -0.986. The molecule has 0 aliphatic heterocycles. The van der Waals surface area contributed by atoms with Gasteiger partial charge in [0.05, 0.1) is 0 Å². The highest BCUT2D eigenvalue weighted by molar-refractivity contribution is 5.71. The lowest BCUT2D eigenvalue weighted by Crippen LogP contribution is -2.30. The van der Waals surface area contributed by atoms with Crippen LogP contribution >= 0.6 is 0 Å². The van der Waals surface area contributed by atoms with Crippen LogP contribution in [0.2, 0.25) is 0 Å². The van der Waals surface area contributed by atoms with E-state index in [2.05, 4.69) is 93.7 Å². The fourth-order valence-corrected chi connectivity index (χ4v) is 6.52. The van der Waals surface area contributed by atoms with E-state index in [0.717, 1.165) is 103 Å². The third-order valence-corrected chi connectivity index (χ3v) is 10.4. The minimum atomic E-state index is -0.813. The van der Waals surface area contributed by atoms with E-state index < -0.39 is 6.10 Å². The maximum absolute atomic E-state index is 12.8. The van der Waals surface area contributed by atoms with Crippen LogP contribution in [0.1, 0.15) is 201 Å². The summed E-state index contributed by atoms with van der Waals surface area (Å²) in [5, 5.41) is 0. The summed E-state index contributed by atoms with van der Waals surface area (Å²) >= 11 is 0. The molecule has 0 aliphatic carbocycles. The molecular weight excluding hydrogens is 805 g/mol. The average Bonchev–Trinajstić information content (AvgIpc) is 3.30. The molecule has 0 N–H and O–H groups in total. The first kappa shape index (κ1) is 60.5. The average molecular weight is 897 g/mol. The van der Waals surface area contributed by atoms with Crippen LogP contribution in [0.5, 0.6) is 0 Å². The van der Waals surface area contributed by atoms with E-state index in [1.165, 1.54) is 57.8 Å². The molecule has 0 bridgehead atoms. The van der Waals surface area contributed by atoms with Crippen molar-refractivity contribution < 1.29 is 28.6 Å². The molecule has 1 unspecified atom stereocenters. The van der Waals surface area contributed by atoms with Crippen LogP contribution in [-0.2, 0) is 28.6 Å². The van der Waals surface area contributed by atoms with Gasteiger partial charge in [-0.1, -0.05) is 231 Å². The van der Waals surface area contributed by atoms with Gasteiger partial charge in [0, 0.05) is 19.3 Å². The molecule has 6 heteroatoms. The van der Waals surface area contributed by atoms with Crippen LogP contribution < -0.4 is 0 Å². The second-order valence-corrected chi connectivity index (χ2v) is 16.6. The van der Waals surface area contributed by atoms with Gasteiger partial charge in [-0.25, -0.2) is 0 Å². The minimum Gasteiger partial charge on any atom is -0.462 e. The molecule has 0 aliphatic rings. The van der Waals surface area contributed by atoms with E-state index in [0.29, 0.717) is 19.3 Å². The fourth-order valence-electron chi connectivity index (χ4n) is 6.52. The predicted octanol–water partition coefficient (Wildman–Crippen LogP) is 17.1. The molecule has 0 fully saturated rings. The van der Waals surface area contributed by atoms with Crippen molar-refractivity contribution in [2.24, 2.45) is 0 Å². The third-order valence-electron chi connectivity index (χ3n) is 10.4. The van der Waals surface area contributed by atoms with Crippen molar-refractivity contribution >= 4 is 17.9 Å². The van der Waals surface area contributed by atoms with Crippen molar-refractivity contribution in [1.82, 2.24) is 0 Å². The molecular formula is C59H92O6. The standard InChI is InChI=1S/C59H92O6/c1-4-7-10-13-16-19-22-25-28-29-32-34-37-40-43-46-49-52-58(61)64-55-56(65-59(62)53-50-47-44-41-38-35-31-27-24-21-18-15-12-9-6-3)54-63-57(60)51-48-45-42-39-36-33-30-26-23-20-17-14-11-8-5-2/h7,9-10,12-13,15-26,28-29,32,34,37,56H,4-6,8,11,14,27,30-31,33,35-36,38-55H2,1-3H3/b10-7-,12-9-,16-13-,18-15-,20-17-,22-19-,24-21-,26-23-,28-25-,32-29+,37-34-. The Morgan fingerprint density at radius 2 is 0.600 bits per heavy atom. The molecule has 0 rings (SSSR count). The predicted molar refractivity (Wildman–Crippen MR) is 279 cm³/mol. The van der Waals surface area contributed by atoms with Crippen molar-refractivity contribution in [1.29, 1.82) is 0 Å². The van der Waals surface area contributed by atoms with E-state index in [9.17, 15) is 14.4 Å². The van der Waals surface area contributed by atoms with Gasteiger partial charge in [0.2, 0.25) is 0 Å². The van der Waals surface area contributed by atoms with Gasteiger partial charge in [0.15, 0.2) is 6.10 Å². The van der Waals surface area contributed by atoms with E-state index in [1.54, 1.807) is 0 Å².